The van der Waals surface area contributed by atoms with E-state index in [4.69, 9.17) is 0 Å². The Labute approximate surface area is 73.0 Å². The highest BCUT2D eigenvalue weighted by Gasteiger charge is 2.28. The van der Waals surface area contributed by atoms with Crippen LogP contribution in [0, 0.1) is 5.41 Å². The maximum Gasteiger partial charge on any atom is 0.101 e. The zero-order valence-electron chi connectivity index (χ0n) is 7.88. The van der Waals surface area contributed by atoms with Crippen molar-refractivity contribution in [1.82, 2.24) is 5.01 Å². The number of hydrogen-bond acceptors (Lipinski definition) is 3. The Balaban J connectivity index is 2.71. The minimum absolute atomic E-state index is 0.212. The number of nitrogens with zero attached hydrogens (tertiary/aromatic N) is 2. The van der Waals surface area contributed by atoms with Gasteiger partial charge in [0.25, 0.3) is 0 Å². The van der Waals surface area contributed by atoms with Gasteiger partial charge in [-0.3, -0.25) is 5.01 Å². The normalized spacial score (nSPS) is 25.7. The molecule has 0 saturated carbocycles. The van der Waals surface area contributed by atoms with Gasteiger partial charge in [0, 0.05) is 12.5 Å². The van der Waals surface area contributed by atoms with E-state index in [1.165, 1.54) is 5.04 Å². The molecule has 1 rings (SSSR count). The van der Waals surface area contributed by atoms with Crippen LogP contribution in [0.2, 0.25) is 0 Å². The first-order valence-electron chi connectivity index (χ1n) is 3.90. The van der Waals surface area contributed by atoms with Crippen molar-refractivity contribution in [1.29, 1.82) is 0 Å². The number of hydrogen-bond donors (Lipinski definition) is 0. The van der Waals surface area contributed by atoms with Crippen molar-refractivity contribution in [3.63, 3.8) is 0 Å². The standard InChI is InChI=1S/C8H16N2S/c1-6-10(5)9-7(11-6)8(2,3)4/h6H,1-5H3. The van der Waals surface area contributed by atoms with Crippen molar-refractivity contribution in [2.75, 3.05) is 7.05 Å². The van der Waals surface area contributed by atoms with E-state index in [0.717, 1.165) is 0 Å². The third-order valence-electron chi connectivity index (χ3n) is 1.70. The summed E-state index contributed by atoms with van der Waals surface area (Å²) in [5.41, 5.74) is 0.212. The summed E-state index contributed by atoms with van der Waals surface area (Å²) in [4.78, 5) is 0. The van der Waals surface area contributed by atoms with Crippen LogP contribution in [0.4, 0.5) is 0 Å². The van der Waals surface area contributed by atoms with Crippen LogP contribution in [0.1, 0.15) is 27.7 Å². The monoisotopic (exact) mass is 172 g/mol. The summed E-state index contributed by atoms with van der Waals surface area (Å²) in [6.45, 7) is 8.77. The molecule has 0 radical (unpaired) electrons. The smallest absolute Gasteiger partial charge is 0.101 e. The highest BCUT2D eigenvalue weighted by atomic mass is 32.2. The number of thioether (sulfide) groups is 1. The summed E-state index contributed by atoms with van der Waals surface area (Å²) in [6, 6.07) is 0. The first-order valence-corrected chi connectivity index (χ1v) is 4.78. The molecule has 0 aromatic rings. The van der Waals surface area contributed by atoms with Gasteiger partial charge in [0.05, 0.1) is 5.37 Å². The average molecular weight is 172 g/mol. The molecule has 0 bridgehead atoms. The van der Waals surface area contributed by atoms with Crippen molar-refractivity contribution in [3.05, 3.63) is 0 Å². The van der Waals surface area contributed by atoms with Crippen molar-refractivity contribution in [2.24, 2.45) is 10.5 Å². The van der Waals surface area contributed by atoms with Crippen LogP contribution in [-0.2, 0) is 0 Å². The molecular formula is C8H16N2S. The topological polar surface area (TPSA) is 15.6 Å². The van der Waals surface area contributed by atoms with Crippen molar-refractivity contribution >= 4 is 16.8 Å². The fraction of sp³-hybridized carbons (Fsp3) is 0.875. The lowest BCUT2D eigenvalue weighted by Crippen LogP contribution is -2.15. The molecule has 64 valence electrons. The largest absolute Gasteiger partial charge is 0.286 e. The Morgan fingerprint density at radius 3 is 2.18 bits per heavy atom. The van der Waals surface area contributed by atoms with E-state index >= 15 is 0 Å². The Hall–Kier alpha value is -0.180. The molecule has 1 atom stereocenters. The van der Waals surface area contributed by atoms with Gasteiger partial charge in [-0.2, -0.15) is 5.10 Å². The van der Waals surface area contributed by atoms with Gasteiger partial charge in [-0.15, -0.1) is 0 Å². The fourth-order valence-corrected chi connectivity index (χ4v) is 1.87. The molecule has 3 heteroatoms. The van der Waals surface area contributed by atoms with Gasteiger partial charge in [0.15, 0.2) is 0 Å². The Morgan fingerprint density at radius 2 is 2.00 bits per heavy atom. The summed E-state index contributed by atoms with van der Waals surface area (Å²) in [5, 5.41) is 8.22. The summed E-state index contributed by atoms with van der Waals surface area (Å²) < 4.78 is 0. The van der Waals surface area contributed by atoms with Gasteiger partial charge in [0.2, 0.25) is 0 Å². The number of hydrazone groups is 1. The van der Waals surface area contributed by atoms with E-state index in [0.29, 0.717) is 5.37 Å². The zero-order chi connectivity index (χ0) is 8.65. The molecule has 1 heterocycles. The Bertz CT molecular complexity index is 181. The molecule has 0 N–H and O–H groups in total. The third-order valence-corrected chi connectivity index (χ3v) is 3.26. The van der Waals surface area contributed by atoms with Gasteiger partial charge < -0.3 is 0 Å². The van der Waals surface area contributed by atoms with E-state index < -0.39 is 0 Å². The zero-order valence-corrected chi connectivity index (χ0v) is 8.70. The van der Waals surface area contributed by atoms with Crippen LogP contribution in [0.15, 0.2) is 5.10 Å². The second-order valence-corrected chi connectivity index (χ2v) is 5.25. The molecule has 11 heavy (non-hydrogen) atoms. The van der Waals surface area contributed by atoms with E-state index in [1.807, 2.05) is 23.8 Å². The predicted molar refractivity (Wildman–Crippen MR) is 51.7 cm³/mol. The van der Waals surface area contributed by atoms with Crippen molar-refractivity contribution in [2.45, 2.75) is 33.1 Å². The Kier molecular flexibility index (Phi) is 2.19. The van der Waals surface area contributed by atoms with Crippen LogP contribution in [-0.4, -0.2) is 22.5 Å². The highest BCUT2D eigenvalue weighted by molar-refractivity contribution is 8.14. The molecule has 1 unspecified atom stereocenters. The van der Waals surface area contributed by atoms with Gasteiger partial charge in [-0.05, 0) is 6.92 Å². The van der Waals surface area contributed by atoms with Gasteiger partial charge in [0.1, 0.15) is 5.04 Å². The average Bonchev–Trinajstić information content (AvgIpc) is 2.11. The lowest BCUT2D eigenvalue weighted by Gasteiger charge is -2.16. The molecular weight excluding hydrogens is 156 g/mol. The van der Waals surface area contributed by atoms with E-state index in [9.17, 15) is 0 Å². The maximum atomic E-state index is 4.45. The molecule has 0 saturated heterocycles. The van der Waals surface area contributed by atoms with Crippen LogP contribution in [0.5, 0.6) is 0 Å². The first-order chi connectivity index (χ1) is 4.91. The summed E-state index contributed by atoms with van der Waals surface area (Å²) in [6.07, 6.45) is 0. The second kappa shape index (κ2) is 2.70. The minimum atomic E-state index is 0.212. The van der Waals surface area contributed by atoms with Gasteiger partial charge in [-0.1, -0.05) is 32.5 Å². The summed E-state index contributed by atoms with van der Waals surface area (Å²) in [5.74, 6) is 0. The van der Waals surface area contributed by atoms with E-state index in [-0.39, 0.29) is 5.41 Å². The minimum Gasteiger partial charge on any atom is -0.286 e. The highest BCUT2D eigenvalue weighted by Crippen LogP contribution is 2.33. The van der Waals surface area contributed by atoms with E-state index in [1.54, 1.807) is 0 Å². The molecule has 0 aliphatic carbocycles. The van der Waals surface area contributed by atoms with Crippen molar-refractivity contribution < 1.29 is 0 Å². The SMILES string of the molecule is CC1SC(C(C)(C)C)=NN1C. The first kappa shape index (κ1) is 8.91. The third kappa shape index (κ3) is 1.89. The molecule has 2 nitrogen and oxygen atoms in total. The quantitative estimate of drug-likeness (QED) is 0.557. The van der Waals surface area contributed by atoms with E-state index in [2.05, 4.69) is 32.8 Å². The van der Waals surface area contributed by atoms with Crippen LogP contribution in [0.3, 0.4) is 0 Å². The lowest BCUT2D eigenvalue weighted by atomic mass is 9.99. The molecule has 0 fully saturated rings. The maximum absolute atomic E-state index is 4.45. The number of rotatable bonds is 0. The molecule has 0 amide bonds. The van der Waals surface area contributed by atoms with Crippen LogP contribution >= 0.6 is 11.8 Å². The van der Waals surface area contributed by atoms with Gasteiger partial charge in [-0.25, -0.2) is 0 Å². The molecule has 1 aliphatic heterocycles. The summed E-state index contributed by atoms with van der Waals surface area (Å²) >= 11 is 1.86. The summed E-state index contributed by atoms with van der Waals surface area (Å²) in [7, 11) is 2.02. The molecule has 0 spiro atoms. The van der Waals surface area contributed by atoms with Crippen LogP contribution in [0.25, 0.3) is 0 Å². The fourth-order valence-electron chi connectivity index (χ4n) is 0.813. The second-order valence-electron chi connectivity index (χ2n) is 3.95. The Morgan fingerprint density at radius 1 is 1.45 bits per heavy atom. The molecule has 0 aromatic carbocycles. The predicted octanol–water partition coefficient (Wildman–Crippen LogP) is 2.37. The lowest BCUT2D eigenvalue weighted by molar-refractivity contribution is 0.353. The van der Waals surface area contributed by atoms with Crippen molar-refractivity contribution in [3.8, 4) is 0 Å². The van der Waals surface area contributed by atoms with Crippen LogP contribution < -0.4 is 0 Å². The van der Waals surface area contributed by atoms with Gasteiger partial charge >= 0.3 is 0 Å². The molecule has 0 aromatic heterocycles. The molecule has 1 aliphatic rings.